The number of likely N-dealkylation sites (N-methyl/N-ethyl adjacent to an activating group) is 1. The minimum Gasteiger partial charge on any atom is -0.344 e. The lowest BCUT2D eigenvalue weighted by atomic mass is 10.1. The summed E-state index contributed by atoms with van der Waals surface area (Å²) < 4.78 is 0. The standard InChI is InChI=1S/C13H17ClN2O/c1-9(10-3-5-11(14)6-4-10)15-12-7-8-16(2)13(12)17/h3-6,9,12,15H,7-8H2,1-2H3. The number of halogens is 1. The SMILES string of the molecule is CC(NC1CCN(C)C1=O)c1ccc(Cl)cc1. The Morgan fingerprint density at radius 1 is 1.41 bits per heavy atom. The molecule has 0 radical (unpaired) electrons. The van der Waals surface area contributed by atoms with Gasteiger partial charge in [-0.2, -0.15) is 0 Å². The summed E-state index contributed by atoms with van der Waals surface area (Å²) in [5.41, 5.74) is 1.15. The first-order valence-corrected chi connectivity index (χ1v) is 6.22. The second-order valence-electron chi connectivity index (χ2n) is 4.54. The van der Waals surface area contributed by atoms with Crippen LogP contribution in [0.25, 0.3) is 0 Å². The summed E-state index contributed by atoms with van der Waals surface area (Å²) in [6, 6.07) is 7.83. The number of nitrogens with zero attached hydrogens (tertiary/aromatic N) is 1. The molecule has 0 aliphatic carbocycles. The van der Waals surface area contributed by atoms with E-state index in [1.807, 2.05) is 31.3 Å². The summed E-state index contributed by atoms with van der Waals surface area (Å²) in [4.78, 5) is 13.5. The Balaban J connectivity index is 1.99. The monoisotopic (exact) mass is 252 g/mol. The fourth-order valence-electron chi connectivity index (χ4n) is 2.13. The Kier molecular flexibility index (Phi) is 3.69. The fourth-order valence-corrected chi connectivity index (χ4v) is 2.25. The molecule has 0 saturated carbocycles. The molecule has 1 N–H and O–H groups in total. The van der Waals surface area contributed by atoms with Crippen molar-refractivity contribution in [2.75, 3.05) is 13.6 Å². The molecule has 1 aromatic carbocycles. The number of likely N-dealkylation sites (tertiary alicyclic amines) is 1. The molecule has 1 aliphatic rings. The number of nitrogens with one attached hydrogen (secondary N) is 1. The lowest BCUT2D eigenvalue weighted by Gasteiger charge is -2.18. The van der Waals surface area contributed by atoms with E-state index in [1.54, 1.807) is 4.90 Å². The number of hydrogen-bond donors (Lipinski definition) is 1. The van der Waals surface area contributed by atoms with Crippen LogP contribution in [0.15, 0.2) is 24.3 Å². The zero-order valence-electron chi connectivity index (χ0n) is 10.1. The van der Waals surface area contributed by atoms with Crippen LogP contribution in [0.4, 0.5) is 0 Å². The maximum absolute atomic E-state index is 11.8. The highest BCUT2D eigenvalue weighted by Crippen LogP contribution is 2.19. The van der Waals surface area contributed by atoms with Gasteiger partial charge in [0.25, 0.3) is 0 Å². The normalized spacial score (nSPS) is 21.9. The van der Waals surface area contributed by atoms with Gasteiger partial charge in [-0.15, -0.1) is 0 Å². The van der Waals surface area contributed by atoms with Crippen LogP contribution in [0.5, 0.6) is 0 Å². The van der Waals surface area contributed by atoms with E-state index in [0.29, 0.717) is 0 Å². The lowest BCUT2D eigenvalue weighted by molar-refractivity contribution is -0.128. The van der Waals surface area contributed by atoms with Crippen molar-refractivity contribution in [3.05, 3.63) is 34.9 Å². The van der Waals surface area contributed by atoms with E-state index in [9.17, 15) is 4.79 Å². The summed E-state index contributed by atoms with van der Waals surface area (Å²) in [6.07, 6.45) is 0.882. The summed E-state index contributed by atoms with van der Waals surface area (Å²) in [7, 11) is 1.84. The molecule has 4 heteroatoms. The topological polar surface area (TPSA) is 32.3 Å². The van der Waals surface area contributed by atoms with Crippen LogP contribution in [0, 0.1) is 0 Å². The second kappa shape index (κ2) is 5.07. The smallest absolute Gasteiger partial charge is 0.239 e. The Hall–Kier alpha value is -1.06. The van der Waals surface area contributed by atoms with Crippen molar-refractivity contribution >= 4 is 17.5 Å². The number of carbonyl (C=O) groups excluding carboxylic acids is 1. The van der Waals surface area contributed by atoms with Gasteiger partial charge in [0.1, 0.15) is 0 Å². The maximum Gasteiger partial charge on any atom is 0.239 e. The molecule has 1 heterocycles. The van der Waals surface area contributed by atoms with Crippen molar-refractivity contribution in [1.29, 1.82) is 0 Å². The van der Waals surface area contributed by atoms with E-state index in [-0.39, 0.29) is 18.0 Å². The van der Waals surface area contributed by atoms with E-state index in [4.69, 9.17) is 11.6 Å². The molecular formula is C13H17ClN2O. The van der Waals surface area contributed by atoms with Gasteiger partial charge in [-0.1, -0.05) is 23.7 Å². The zero-order valence-corrected chi connectivity index (χ0v) is 10.9. The van der Waals surface area contributed by atoms with E-state index < -0.39 is 0 Å². The van der Waals surface area contributed by atoms with Gasteiger partial charge in [-0.05, 0) is 31.0 Å². The molecule has 92 valence electrons. The van der Waals surface area contributed by atoms with Crippen LogP contribution >= 0.6 is 11.6 Å². The molecule has 17 heavy (non-hydrogen) atoms. The molecule has 2 atom stereocenters. The number of hydrogen-bond acceptors (Lipinski definition) is 2. The van der Waals surface area contributed by atoms with Crippen LogP contribution in [0.1, 0.15) is 24.9 Å². The van der Waals surface area contributed by atoms with Crippen molar-refractivity contribution in [1.82, 2.24) is 10.2 Å². The molecule has 0 aromatic heterocycles. The van der Waals surface area contributed by atoms with Crippen LogP contribution in [0.3, 0.4) is 0 Å². The molecular weight excluding hydrogens is 236 g/mol. The third-order valence-corrected chi connectivity index (χ3v) is 3.50. The molecule has 1 aliphatic heterocycles. The molecule has 3 nitrogen and oxygen atoms in total. The van der Waals surface area contributed by atoms with Gasteiger partial charge in [-0.25, -0.2) is 0 Å². The average Bonchev–Trinajstić information content (AvgIpc) is 2.62. The molecule has 1 fully saturated rings. The van der Waals surface area contributed by atoms with Crippen LogP contribution in [-0.2, 0) is 4.79 Å². The highest BCUT2D eigenvalue weighted by atomic mass is 35.5. The van der Waals surface area contributed by atoms with Gasteiger partial charge in [-0.3, -0.25) is 10.1 Å². The molecule has 1 amide bonds. The van der Waals surface area contributed by atoms with Crippen molar-refractivity contribution in [3.8, 4) is 0 Å². The first-order valence-electron chi connectivity index (χ1n) is 5.84. The van der Waals surface area contributed by atoms with Crippen molar-refractivity contribution in [2.45, 2.75) is 25.4 Å². The van der Waals surface area contributed by atoms with E-state index in [0.717, 1.165) is 23.6 Å². The van der Waals surface area contributed by atoms with E-state index in [1.165, 1.54) is 0 Å². The Labute approximate surface area is 107 Å². The van der Waals surface area contributed by atoms with Crippen molar-refractivity contribution < 1.29 is 4.79 Å². The molecule has 0 spiro atoms. The Bertz CT molecular complexity index is 404. The third kappa shape index (κ3) is 2.79. The number of rotatable bonds is 3. The van der Waals surface area contributed by atoms with Gasteiger partial charge in [0.2, 0.25) is 5.91 Å². The first-order chi connectivity index (χ1) is 8.08. The molecule has 1 saturated heterocycles. The summed E-state index contributed by atoms with van der Waals surface area (Å²) in [6.45, 7) is 2.90. The summed E-state index contributed by atoms with van der Waals surface area (Å²) in [5.74, 6) is 0.186. The van der Waals surface area contributed by atoms with Crippen molar-refractivity contribution in [2.24, 2.45) is 0 Å². The highest BCUT2D eigenvalue weighted by Gasteiger charge is 2.29. The molecule has 2 rings (SSSR count). The van der Waals surface area contributed by atoms with Crippen LogP contribution < -0.4 is 5.32 Å². The predicted octanol–water partition coefficient (Wildman–Crippen LogP) is 2.22. The highest BCUT2D eigenvalue weighted by molar-refractivity contribution is 6.30. The first kappa shape index (κ1) is 12.4. The van der Waals surface area contributed by atoms with E-state index in [2.05, 4.69) is 12.2 Å². The minimum atomic E-state index is -0.0503. The van der Waals surface area contributed by atoms with Crippen molar-refractivity contribution in [3.63, 3.8) is 0 Å². The zero-order chi connectivity index (χ0) is 12.4. The summed E-state index contributed by atoms with van der Waals surface area (Å²) >= 11 is 5.85. The minimum absolute atomic E-state index is 0.0503. The lowest BCUT2D eigenvalue weighted by Crippen LogP contribution is -2.38. The second-order valence-corrected chi connectivity index (χ2v) is 4.98. The third-order valence-electron chi connectivity index (χ3n) is 3.25. The van der Waals surface area contributed by atoms with Crippen LogP contribution in [0.2, 0.25) is 5.02 Å². The summed E-state index contributed by atoms with van der Waals surface area (Å²) in [5, 5.41) is 4.09. The number of carbonyl (C=O) groups is 1. The quantitative estimate of drug-likeness (QED) is 0.895. The van der Waals surface area contributed by atoms with Crippen LogP contribution in [-0.4, -0.2) is 30.4 Å². The van der Waals surface area contributed by atoms with Gasteiger partial charge in [0, 0.05) is 24.7 Å². The van der Waals surface area contributed by atoms with Gasteiger partial charge in [0.15, 0.2) is 0 Å². The molecule has 0 bridgehead atoms. The molecule has 1 aromatic rings. The Morgan fingerprint density at radius 3 is 2.59 bits per heavy atom. The van der Waals surface area contributed by atoms with Gasteiger partial charge < -0.3 is 4.90 Å². The average molecular weight is 253 g/mol. The predicted molar refractivity (Wildman–Crippen MR) is 69.0 cm³/mol. The number of amides is 1. The largest absolute Gasteiger partial charge is 0.344 e. The van der Waals surface area contributed by atoms with Gasteiger partial charge in [0.05, 0.1) is 6.04 Å². The maximum atomic E-state index is 11.8. The van der Waals surface area contributed by atoms with E-state index >= 15 is 0 Å². The fraction of sp³-hybridized carbons (Fsp3) is 0.462. The molecule has 2 unspecified atom stereocenters. The number of benzene rings is 1. The Morgan fingerprint density at radius 2 is 2.06 bits per heavy atom. The van der Waals surface area contributed by atoms with Gasteiger partial charge >= 0.3 is 0 Å².